The smallest absolute Gasteiger partial charge is 0.344 e. The number of hydrogen-bond donors (Lipinski definition) is 2. The molecular formula is C21H23N3O5. The second-order valence-corrected chi connectivity index (χ2v) is 6.95. The molecule has 4 amide bonds. The molecule has 3 rings (SSSR count). The lowest BCUT2D eigenvalue weighted by Gasteiger charge is -2.22. The molecule has 1 atom stereocenters. The highest BCUT2D eigenvalue weighted by Crippen LogP contribution is 2.29. The minimum atomic E-state index is -1.30. The SMILES string of the molecule is COc1ccc([C@@]2(C)NC(=O)N(NC(=O)COc3cccc(C)c3C)C2=O)cc1. The summed E-state index contributed by atoms with van der Waals surface area (Å²) in [5.74, 6) is -0.00978. The standard InChI is InChI=1S/C21H23N3O5/c1-13-6-5-7-17(14(13)2)29-12-18(25)23-24-19(26)21(3,22-20(24)27)15-8-10-16(28-4)11-9-15/h5-11H,12H2,1-4H3,(H,22,27)(H,23,25)/t21-/m1/s1. The van der Waals surface area contributed by atoms with Gasteiger partial charge >= 0.3 is 6.03 Å². The van der Waals surface area contributed by atoms with Crippen LogP contribution in [-0.4, -0.2) is 36.6 Å². The summed E-state index contributed by atoms with van der Waals surface area (Å²) in [6, 6.07) is 11.6. The van der Waals surface area contributed by atoms with Crippen molar-refractivity contribution >= 4 is 17.8 Å². The minimum Gasteiger partial charge on any atom is -0.497 e. The fourth-order valence-electron chi connectivity index (χ4n) is 3.04. The van der Waals surface area contributed by atoms with Crippen molar-refractivity contribution in [2.24, 2.45) is 0 Å². The average molecular weight is 397 g/mol. The third-order valence-electron chi connectivity index (χ3n) is 5.01. The van der Waals surface area contributed by atoms with Gasteiger partial charge in [-0.3, -0.25) is 15.0 Å². The fraction of sp³-hybridized carbons (Fsp3) is 0.286. The zero-order valence-electron chi connectivity index (χ0n) is 16.7. The molecule has 2 aromatic carbocycles. The summed E-state index contributed by atoms with van der Waals surface area (Å²) in [6.45, 7) is 5.07. The Morgan fingerprint density at radius 1 is 1.14 bits per heavy atom. The molecule has 0 spiro atoms. The van der Waals surface area contributed by atoms with Crippen LogP contribution in [0.2, 0.25) is 0 Å². The summed E-state index contributed by atoms with van der Waals surface area (Å²) < 4.78 is 10.6. The van der Waals surface area contributed by atoms with Gasteiger partial charge in [0.15, 0.2) is 6.61 Å². The maximum atomic E-state index is 12.9. The Kier molecular flexibility index (Phi) is 5.45. The number of imide groups is 1. The minimum absolute atomic E-state index is 0.333. The van der Waals surface area contributed by atoms with Gasteiger partial charge in [-0.1, -0.05) is 24.3 Å². The summed E-state index contributed by atoms with van der Waals surface area (Å²) in [4.78, 5) is 37.4. The number of hydrogen-bond acceptors (Lipinski definition) is 5. The van der Waals surface area contributed by atoms with Crippen LogP contribution in [0.5, 0.6) is 11.5 Å². The third-order valence-corrected chi connectivity index (χ3v) is 5.01. The van der Waals surface area contributed by atoms with Gasteiger partial charge in [0, 0.05) is 0 Å². The van der Waals surface area contributed by atoms with Crippen LogP contribution in [-0.2, 0) is 15.1 Å². The number of carbonyl (C=O) groups is 3. The highest BCUT2D eigenvalue weighted by Gasteiger charge is 2.50. The molecule has 8 nitrogen and oxygen atoms in total. The van der Waals surface area contributed by atoms with Crippen molar-refractivity contribution in [1.82, 2.24) is 15.8 Å². The lowest BCUT2D eigenvalue weighted by molar-refractivity contribution is -0.139. The Bertz CT molecular complexity index is 957. The first-order valence-corrected chi connectivity index (χ1v) is 9.06. The van der Waals surface area contributed by atoms with Crippen LogP contribution < -0.4 is 20.2 Å². The zero-order chi connectivity index (χ0) is 21.2. The van der Waals surface area contributed by atoms with Crippen molar-refractivity contribution in [3.05, 3.63) is 59.2 Å². The first-order valence-electron chi connectivity index (χ1n) is 9.06. The molecule has 152 valence electrons. The zero-order valence-corrected chi connectivity index (χ0v) is 16.7. The highest BCUT2D eigenvalue weighted by molar-refractivity contribution is 6.08. The molecule has 0 aromatic heterocycles. The number of benzene rings is 2. The largest absolute Gasteiger partial charge is 0.497 e. The summed E-state index contributed by atoms with van der Waals surface area (Å²) >= 11 is 0. The van der Waals surface area contributed by atoms with Crippen molar-refractivity contribution in [2.45, 2.75) is 26.3 Å². The number of aryl methyl sites for hydroxylation is 1. The third kappa shape index (κ3) is 3.87. The van der Waals surface area contributed by atoms with Crippen molar-refractivity contribution in [2.75, 3.05) is 13.7 Å². The van der Waals surface area contributed by atoms with Gasteiger partial charge in [0.05, 0.1) is 7.11 Å². The topological polar surface area (TPSA) is 97.0 Å². The Hall–Kier alpha value is -3.55. The molecule has 0 aliphatic carbocycles. The van der Waals surface area contributed by atoms with Crippen LogP contribution in [0.4, 0.5) is 4.79 Å². The van der Waals surface area contributed by atoms with E-state index in [1.54, 1.807) is 37.3 Å². The van der Waals surface area contributed by atoms with Crippen molar-refractivity contribution < 1.29 is 23.9 Å². The first kappa shape index (κ1) is 20.2. The number of nitrogens with one attached hydrogen (secondary N) is 2. The fourth-order valence-corrected chi connectivity index (χ4v) is 3.04. The van der Waals surface area contributed by atoms with Crippen molar-refractivity contribution in [3.63, 3.8) is 0 Å². The van der Waals surface area contributed by atoms with Gasteiger partial charge < -0.3 is 14.8 Å². The van der Waals surface area contributed by atoms with Crippen molar-refractivity contribution in [3.8, 4) is 11.5 Å². The number of nitrogens with zero attached hydrogens (tertiary/aromatic N) is 1. The van der Waals surface area contributed by atoms with Gasteiger partial charge in [0.2, 0.25) is 0 Å². The van der Waals surface area contributed by atoms with Gasteiger partial charge in [-0.2, -0.15) is 5.01 Å². The van der Waals surface area contributed by atoms with Gasteiger partial charge in [-0.15, -0.1) is 0 Å². The predicted octanol–water partition coefficient (Wildman–Crippen LogP) is 2.19. The molecule has 2 aromatic rings. The second-order valence-electron chi connectivity index (χ2n) is 6.95. The van der Waals surface area contributed by atoms with E-state index < -0.39 is 23.4 Å². The van der Waals surface area contributed by atoms with Gasteiger partial charge in [0.1, 0.15) is 17.0 Å². The maximum absolute atomic E-state index is 12.9. The van der Waals surface area contributed by atoms with Crippen LogP contribution in [0, 0.1) is 13.8 Å². The van der Waals surface area contributed by atoms with E-state index in [-0.39, 0.29) is 6.61 Å². The van der Waals surface area contributed by atoms with E-state index in [1.165, 1.54) is 7.11 Å². The molecule has 0 saturated carbocycles. The van der Waals surface area contributed by atoms with Crippen molar-refractivity contribution in [1.29, 1.82) is 0 Å². The Labute approximate surface area is 168 Å². The highest BCUT2D eigenvalue weighted by atomic mass is 16.5. The van der Waals surface area contributed by atoms with E-state index in [0.717, 1.165) is 11.1 Å². The van der Waals surface area contributed by atoms with E-state index in [2.05, 4.69) is 10.7 Å². The van der Waals surface area contributed by atoms with Crippen LogP contribution in [0.3, 0.4) is 0 Å². The van der Waals surface area contributed by atoms with Gasteiger partial charge in [-0.25, -0.2) is 4.79 Å². The number of carbonyl (C=O) groups excluding carboxylic acids is 3. The molecule has 1 fully saturated rings. The average Bonchev–Trinajstić information content (AvgIpc) is 2.93. The van der Waals surface area contributed by atoms with Gasteiger partial charge in [-0.05, 0) is 55.7 Å². The van der Waals surface area contributed by atoms with E-state index in [9.17, 15) is 14.4 Å². The number of ether oxygens (including phenoxy) is 2. The van der Waals surface area contributed by atoms with E-state index >= 15 is 0 Å². The maximum Gasteiger partial charge on any atom is 0.344 e. The molecule has 8 heteroatoms. The summed E-state index contributed by atoms with van der Waals surface area (Å²) in [6.07, 6.45) is 0. The second kappa shape index (κ2) is 7.83. The van der Waals surface area contributed by atoms with E-state index in [4.69, 9.17) is 9.47 Å². The predicted molar refractivity (Wildman–Crippen MR) is 105 cm³/mol. The number of hydrazine groups is 1. The molecule has 0 radical (unpaired) electrons. The monoisotopic (exact) mass is 397 g/mol. The van der Waals surface area contributed by atoms with Gasteiger partial charge in [0.25, 0.3) is 11.8 Å². The molecule has 1 aliphatic rings. The Balaban J connectivity index is 1.67. The number of methoxy groups -OCH3 is 1. The molecule has 0 unspecified atom stereocenters. The molecular weight excluding hydrogens is 374 g/mol. The van der Waals surface area contributed by atoms with E-state index in [1.807, 2.05) is 26.0 Å². The Morgan fingerprint density at radius 3 is 2.48 bits per heavy atom. The summed E-state index contributed by atoms with van der Waals surface area (Å²) in [5.41, 5.74) is 3.54. The Morgan fingerprint density at radius 2 is 1.83 bits per heavy atom. The molecule has 1 saturated heterocycles. The number of amides is 4. The molecule has 29 heavy (non-hydrogen) atoms. The molecule has 1 aliphatic heterocycles. The van der Waals surface area contributed by atoms with Crippen LogP contribution in [0.1, 0.15) is 23.6 Å². The van der Waals surface area contributed by atoms with Crippen LogP contribution in [0.15, 0.2) is 42.5 Å². The first-order chi connectivity index (χ1) is 13.8. The summed E-state index contributed by atoms with van der Waals surface area (Å²) in [5, 5.41) is 3.30. The lowest BCUT2D eigenvalue weighted by Crippen LogP contribution is -2.49. The van der Waals surface area contributed by atoms with Crippen LogP contribution >= 0.6 is 0 Å². The molecule has 2 N–H and O–H groups in total. The summed E-state index contributed by atoms with van der Waals surface area (Å²) in [7, 11) is 1.54. The normalized spacial score (nSPS) is 18.4. The number of urea groups is 1. The number of rotatable bonds is 6. The molecule has 1 heterocycles. The molecule has 0 bridgehead atoms. The quantitative estimate of drug-likeness (QED) is 0.729. The van der Waals surface area contributed by atoms with Crippen LogP contribution in [0.25, 0.3) is 0 Å². The lowest BCUT2D eigenvalue weighted by atomic mass is 9.92. The van der Waals surface area contributed by atoms with E-state index in [0.29, 0.717) is 22.1 Å².